The molecule has 1 aliphatic rings. The number of hydrogen-bond donors (Lipinski definition) is 2. The van der Waals surface area contributed by atoms with Crippen LogP contribution in [0.25, 0.3) is 0 Å². The van der Waals surface area contributed by atoms with Crippen LogP contribution in [0.4, 0.5) is 15.8 Å². The van der Waals surface area contributed by atoms with Gasteiger partial charge in [0.1, 0.15) is 0 Å². The molecule has 0 aliphatic carbocycles. The molecule has 3 rings (SSSR count). The summed E-state index contributed by atoms with van der Waals surface area (Å²) in [4.78, 5) is 13.7. The van der Waals surface area contributed by atoms with E-state index in [1.165, 1.54) is 13.2 Å². The molecule has 0 amide bonds. The first-order valence-electron chi connectivity index (χ1n) is 8.35. The van der Waals surface area contributed by atoms with Crippen molar-refractivity contribution in [1.82, 2.24) is 0 Å². The smallest absolute Gasteiger partial charge is 0.337 e. The first kappa shape index (κ1) is 18.0. The van der Waals surface area contributed by atoms with E-state index in [9.17, 15) is 14.3 Å². The van der Waals surface area contributed by atoms with Gasteiger partial charge in [0.15, 0.2) is 11.6 Å². The monoisotopic (exact) mass is 360 g/mol. The van der Waals surface area contributed by atoms with Crippen molar-refractivity contribution in [3.8, 4) is 5.75 Å². The topological polar surface area (TPSA) is 71.0 Å². The van der Waals surface area contributed by atoms with E-state index in [0.29, 0.717) is 44.2 Å². The predicted octanol–water partition coefficient (Wildman–Crippen LogP) is 2.98. The molecule has 0 aromatic heterocycles. The third-order valence-electron chi connectivity index (χ3n) is 4.29. The van der Waals surface area contributed by atoms with E-state index in [4.69, 9.17) is 9.47 Å². The summed E-state index contributed by atoms with van der Waals surface area (Å²) < 4.78 is 24.0. The van der Waals surface area contributed by atoms with Gasteiger partial charge in [0, 0.05) is 25.3 Å². The summed E-state index contributed by atoms with van der Waals surface area (Å²) in [6.07, 6.45) is 0. The van der Waals surface area contributed by atoms with E-state index >= 15 is 0 Å². The maximum atomic E-state index is 13.8. The molecule has 0 unspecified atom stereocenters. The number of ether oxygens (including phenoxy) is 2. The molecule has 2 N–H and O–H groups in total. The lowest BCUT2D eigenvalue weighted by atomic mass is 10.1. The lowest BCUT2D eigenvalue weighted by molar-refractivity contribution is 0.0696. The largest absolute Gasteiger partial charge is 0.494 e. The molecule has 2 aromatic carbocycles. The van der Waals surface area contributed by atoms with Gasteiger partial charge in [-0.1, -0.05) is 6.07 Å². The SMILES string of the molecule is COc1ccc(CNc2ccc(N3CCOCC3)c(C(=O)O)c2)cc1F. The molecule has 1 aliphatic heterocycles. The van der Waals surface area contributed by atoms with Gasteiger partial charge in [-0.2, -0.15) is 0 Å². The Hall–Kier alpha value is -2.80. The molecule has 0 radical (unpaired) electrons. The molecular weight excluding hydrogens is 339 g/mol. The molecule has 138 valence electrons. The number of aromatic carboxylic acids is 1. The number of rotatable bonds is 6. The van der Waals surface area contributed by atoms with Gasteiger partial charge in [-0.25, -0.2) is 9.18 Å². The average molecular weight is 360 g/mol. The van der Waals surface area contributed by atoms with Crippen LogP contribution < -0.4 is 15.0 Å². The maximum Gasteiger partial charge on any atom is 0.337 e. The summed E-state index contributed by atoms with van der Waals surface area (Å²) in [6, 6.07) is 9.95. The maximum absolute atomic E-state index is 13.8. The van der Waals surface area contributed by atoms with Crippen LogP contribution in [0.5, 0.6) is 5.75 Å². The summed E-state index contributed by atoms with van der Waals surface area (Å²) in [5, 5.41) is 12.7. The van der Waals surface area contributed by atoms with E-state index < -0.39 is 11.8 Å². The first-order valence-corrected chi connectivity index (χ1v) is 8.35. The number of anilines is 2. The zero-order valence-electron chi connectivity index (χ0n) is 14.5. The van der Waals surface area contributed by atoms with Gasteiger partial charge >= 0.3 is 5.97 Å². The van der Waals surface area contributed by atoms with Gasteiger partial charge in [0.25, 0.3) is 0 Å². The van der Waals surface area contributed by atoms with Crippen molar-refractivity contribution in [2.45, 2.75) is 6.54 Å². The first-order chi connectivity index (χ1) is 12.6. The molecule has 26 heavy (non-hydrogen) atoms. The Morgan fingerprint density at radius 1 is 1.27 bits per heavy atom. The zero-order valence-corrected chi connectivity index (χ0v) is 14.5. The summed E-state index contributed by atoms with van der Waals surface area (Å²) in [6.45, 7) is 2.87. The van der Waals surface area contributed by atoms with E-state index in [1.54, 1.807) is 24.3 Å². The number of nitrogens with zero attached hydrogens (tertiary/aromatic N) is 1. The van der Waals surface area contributed by atoms with Crippen molar-refractivity contribution in [1.29, 1.82) is 0 Å². The standard InChI is InChI=1S/C19H21FN2O4/c1-25-18-5-2-13(10-16(18)20)12-21-14-3-4-17(15(11-14)19(23)24)22-6-8-26-9-7-22/h2-5,10-11,21H,6-9,12H2,1H3,(H,23,24). The van der Waals surface area contributed by atoms with Gasteiger partial charge in [0.2, 0.25) is 0 Å². The Morgan fingerprint density at radius 2 is 2.04 bits per heavy atom. The molecule has 1 fully saturated rings. The molecule has 0 atom stereocenters. The molecule has 0 bridgehead atoms. The Labute approximate surface area is 151 Å². The molecule has 2 aromatic rings. The van der Waals surface area contributed by atoms with E-state index in [0.717, 1.165) is 5.56 Å². The van der Waals surface area contributed by atoms with Crippen molar-refractivity contribution in [3.63, 3.8) is 0 Å². The van der Waals surface area contributed by atoms with Crippen LogP contribution in [0, 0.1) is 5.82 Å². The molecule has 1 saturated heterocycles. The number of carboxylic acids is 1. The second kappa shape index (κ2) is 8.05. The van der Waals surface area contributed by atoms with Crippen LogP contribution >= 0.6 is 0 Å². The lowest BCUT2D eigenvalue weighted by Gasteiger charge is -2.30. The van der Waals surface area contributed by atoms with E-state index in [2.05, 4.69) is 5.32 Å². The second-order valence-corrected chi connectivity index (χ2v) is 5.96. The number of nitrogens with one attached hydrogen (secondary N) is 1. The summed E-state index contributed by atoms with van der Waals surface area (Å²) in [7, 11) is 1.42. The molecule has 0 saturated carbocycles. The quantitative estimate of drug-likeness (QED) is 0.825. The van der Waals surface area contributed by atoms with Crippen LogP contribution in [-0.4, -0.2) is 44.5 Å². The third-order valence-corrected chi connectivity index (χ3v) is 4.29. The highest BCUT2D eigenvalue weighted by Crippen LogP contribution is 2.26. The van der Waals surface area contributed by atoms with Crippen LogP contribution in [0.3, 0.4) is 0 Å². The van der Waals surface area contributed by atoms with Gasteiger partial charge in [0.05, 0.1) is 31.6 Å². The molecule has 6 nitrogen and oxygen atoms in total. The predicted molar refractivity (Wildman–Crippen MR) is 96.7 cm³/mol. The third kappa shape index (κ3) is 4.05. The Morgan fingerprint density at radius 3 is 2.69 bits per heavy atom. The van der Waals surface area contributed by atoms with Crippen LogP contribution in [0.2, 0.25) is 0 Å². The van der Waals surface area contributed by atoms with Crippen molar-refractivity contribution >= 4 is 17.3 Å². The number of methoxy groups -OCH3 is 1. The van der Waals surface area contributed by atoms with E-state index in [1.807, 2.05) is 11.0 Å². The van der Waals surface area contributed by atoms with Gasteiger partial charge in [-0.05, 0) is 35.9 Å². The fraction of sp³-hybridized carbons (Fsp3) is 0.316. The van der Waals surface area contributed by atoms with E-state index in [-0.39, 0.29) is 11.3 Å². The highest BCUT2D eigenvalue weighted by molar-refractivity contribution is 5.95. The number of benzene rings is 2. The summed E-state index contributed by atoms with van der Waals surface area (Å²) in [5.74, 6) is -1.22. The van der Waals surface area contributed by atoms with Crippen LogP contribution in [0.1, 0.15) is 15.9 Å². The van der Waals surface area contributed by atoms with Gasteiger partial charge in [-0.15, -0.1) is 0 Å². The fourth-order valence-electron chi connectivity index (χ4n) is 2.92. The van der Waals surface area contributed by atoms with Crippen molar-refractivity contribution in [2.75, 3.05) is 43.6 Å². The highest BCUT2D eigenvalue weighted by Gasteiger charge is 2.19. The summed E-state index contributed by atoms with van der Waals surface area (Å²) in [5.41, 5.74) is 2.31. The minimum absolute atomic E-state index is 0.191. The number of carbonyl (C=O) groups is 1. The van der Waals surface area contributed by atoms with Gasteiger partial charge < -0.3 is 24.8 Å². The fourth-order valence-corrected chi connectivity index (χ4v) is 2.92. The van der Waals surface area contributed by atoms with Crippen molar-refractivity contribution < 1.29 is 23.8 Å². The van der Waals surface area contributed by atoms with Crippen molar-refractivity contribution in [2.24, 2.45) is 0 Å². The average Bonchev–Trinajstić information content (AvgIpc) is 2.67. The normalized spacial score (nSPS) is 14.2. The summed E-state index contributed by atoms with van der Waals surface area (Å²) >= 11 is 0. The second-order valence-electron chi connectivity index (χ2n) is 5.96. The number of hydrogen-bond acceptors (Lipinski definition) is 5. The zero-order chi connectivity index (χ0) is 18.5. The van der Waals surface area contributed by atoms with Crippen LogP contribution in [-0.2, 0) is 11.3 Å². The Bertz CT molecular complexity index is 791. The minimum atomic E-state index is -0.981. The highest BCUT2D eigenvalue weighted by atomic mass is 19.1. The molecular formula is C19H21FN2O4. The number of carboxylic acid groups (broad SMARTS) is 1. The number of halogens is 1. The van der Waals surface area contributed by atoms with Crippen LogP contribution in [0.15, 0.2) is 36.4 Å². The Balaban J connectivity index is 1.75. The molecule has 1 heterocycles. The van der Waals surface area contributed by atoms with Crippen molar-refractivity contribution in [3.05, 3.63) is 53.3 Å². The number of morpholine rings is 1. The van der Waals surface area contributed by atoms with Gasteiger partial charge in [-0.3, -0.25) is 0 Å². The molecule has 7 heteroatoms. The lowest BCUT2D eigenvalue weighted by Crippen LogP contribution is -2.37. The minimum Gasteiger partial charge on any atom is -0.494 e. The Kier molecular flexibility index (Phi) is 5.58. The molecule has 0 spiro atoms.